The predicted octanol–water partition coefficient (Wildman–Crippen LogP) is 0.659. The first-order valence-corrected chi connectivity index (χ1v) is 6.79. The molecule has 1 unspecified atom stereocenters. The Kier molecular flexibility index (Phi) is 3.72. The highest BCUT2D eigenvalue weighted by molar-refractivity contribution is 6.32. The molecular formula is C12H17ClN4O2. The standard InChI is InChI=1S/C12H17ClN4O2/c1-18-12-14-6-10(13)11(15-12)17-3-2-16-4-5-19-8-9(16)7-17/h6,9H,2-5,7-8H2,1H3. The number of rotatable bonds is 2. The normalized spacial score (nSPS) is 24.1. The van der Waals surface area contributed by atoms with E-state index in [-0.39, 0.29) is 0 Å². The first-order valence-electron chi connectivity index (χ1n) is 6.41. The lowest BCUT2D eigenvalue weighted by atomic mass is 10.1. The molecular weight excluding hydrogens is 268 g/mol. The van der Waals surface area contributed by atoms with Gasteiger partial charge >= 0.3 is 6.01 Å². The van der Waals surface area contributed by atoms with Crippen molar-refractivity contribution in [1.29, 1.82) is 0 Å². The van der Waals surface area contributed by atoms with Crippen LogP contribution in [0.2, 0.25) is 5.02 Å². The first kappa shape index (κ1) is 12.9. The van der Waals surface area contributed by atoms with Gasteiger partial charge in [0.15, 0.2) is 5.82 Å². The minimum Gasteiger partial charge on any atom is -0.467 e. The van der Waals surface area contributed by atoms with Gasteiger partial charge in [-0.3, -0.25) is 4.90 Å². The molecule has 7 heteroatoms. The molecule has 0 aromatic carbocycles. The van der Waals surface area contributed by atoms with Gasteiger partial charge in [-0.05, 0) is 0 Å². The molecule has 2 aliphatic rings. The zero-order chi connectivity index (χ0) is 13.2. The number of methoxy groups -OCH3 is 1. The number of hydrogen-bond acceptors (Lipinski definition) is 6. The summed E-state index contributed by atoms with van der Waals surface area (Å²) in [6.07, 6.45) is 1.59. The molecule has 3 rings (SSSR count). The molecule has 2 fully saturated rings. The average molecular weight is 285 g/mol. The molecule has 0 spiro atoms. The summed E-state index contributed by atoms with van der Waals surface area (Å²) in [5.41, 5.74) is 0. The summed E-state index contributed by atoms with van der Waals surface area (Å²) in [4.78, 5) is 13.0. The van der Waals surface area contributed by atoms with Crippen LogP contribution in [-0.2, 0) is 4.74 Å². The molecule has 0 amide bonds. The molecule has 0 radical (unpaired) electrons. The van der Waals surface area contributed by atoms with E-state index >= 15 is 0 Å². The van der Waals surface area contributed by atoms with Crippen molar-refractivity contribution in [3.63, 3.8) is 0 Å². The van der Waals surface area contributed by atoms with Crippen LogP contribution in [-0.4, -0.2) is 67.4 Å². The van der Waals surface area contributed by atoms with E-state index < -0.39 is 0 Å². The topological polar surface area (TPSA) is 50.7 Å². The van der Waals surface area contributed by atoms with Crippen molar-refractivity contribution in [2.24, 2.45) is 0 Å². The molecule has 0 bridgehead atoms. The SMILES string of the molecule is COc1ncc(Cl)c(N2CCN3CCOCC3C2)n1. The van der Waals surface area contributed by atoms with E-state index in [1.807, 2.05) is 0 Å². The van der Waals surface area contributed by atoms with E-state index in [0.29, 0.717) is 17.1 Å². The van der Waals surface area contributed by atoms with Gasteiger partial charge in [0.1, 0.15) is 5.02 Å². The third-order valence-electron chi connectivity index (χ3n) is 3.62. The second kappa shape index (κ2) is 5.48. The third-order valence-corrected chi connectivity index (χ3v) is 3.89. The van der Waals surface area contributed by atoms with Crippen LogP contribution >= 0.6 is 11.6 Å². The number of fused-ring (bicyclic) bond motifs is 1. The minimum absolute atomic E-state index is 0.349. The van der Waals surface area contributed by atoms with Crippen LogP contribution in [0.1, 0.15) is 0 Å². The Balaban J connectivity index is 1.79. The number of ether oxygens (including phenoxy) is 2. The van der Waals surface area contributed by atoms with Gasteiger partial charge in [-0.1, -0.05) is 11.6 Å². The van der Waals surface area contributed by atoms with Gasteiger partial charge in [-0.15, -0.1) is 0 Å². The molecule has 0 aliphatic carbocycles. The number of morpholine rings is 1. The Labute approximate surface area is 117 Å². The van der Waals surface area contributed by atoms with Gasteiger partial charge in [-0.25, -0.2) is 4.98 Å². The quantitative estimate of drug-likeness (QED) is 0.795. The van der Waals surface area contributed by atoms with E-state index in [9.17, 15) is 0 Å². The molecule has 2 aliphatic heterocycles. The van der Waals surface area contributed by atoms with Gasteiger partial charge in [0.2, 0.25) is 0 Å². The molecule has 1 aromatic rings. The summed E-state index contributed by atoms with van der Waals surface area (Å²) >= 11 is 6.19. The van der Waals surface area contributed by atoms with Gasteiger partial charge in [0.05, 0.1) is 32.6 Å². The van der Waals surface area contributed by atoms with Crippen molar-refractivity contribution in [2.45, 2.75) is 6.04 Å². The highest BCUT2D eigenvalue weighted by atomic mass is 35.5. The molecule has 104 valence electrons. The second-order valence-corrected chi connectivity index (χ2v) is 5.15. The smallest absolute Gasteiger partial charge is 0.318 e. The lowest BCUT2D eigenvalue weighted by Gasteiger charge is -2.44. The summed E-state index contributed by atoms with van der Waals surface area (Å²) in [6.45, 7) is 5.42. The van der Waals surface area contributed by atoms with Crippen molar-refractivity contribution in [1.82, 2.24) is 14.9 Å². The Morgan fingerprint density at radius 3 is 3.16 bits per heavy atom. The number of aromatic nitrogens is 2. The average Bonchev–Trinajstić information content (AvgIpc) is 2.47. The summed E-state index contributed by atoms with van der Waals surface area (Å²) in [6, 6.07) is 0.765. The van der Waals surface area contributed by atoms with E-state index in [1.165, 1.54) is 0 Å². The van der Waals surface area contributed by atoms with Gasteiger partial charge in [0.25, 0.3) is 0 Å². The number of nitrogens with zero attached hydrogens (tertiary/aromatic N) is 4. The van der Waals surface area contributed by atoms with Crippen LogP contribution in [0, 0.1) is 0 Å². The number of halogens is 1. The fraction of sp³-hybridized carbons (Fsp3) is 0.667. The lowest BCUT2D eigenvalue weighted by Crippen LogP contribution is -2.58. The van der Waals surface area contributed by atoms with Crippen LogP contribution in [0.4, 0.5) is 5.82 Å². The lowest BCUT2D eigenvalue weighted by molar-refractivity contribution is -0.0118. The highest BCUT2D eigenvalue weighted by Gasteiger charge is 2.31. The maximum absolute atomic E-state index is 6.19. The molecule has 1 atom stereocenters. The van der Waals surface area contributed by atoms with Crippen molar-refractivity contribution in [2.75, 3.05) is 51.4 Å². The Morgan fingerprint density at radius 2 is 2.32 bits per heavy atom. The zero-order valence-corrected chi connectivity index (χ0v) is 11.6. The maximum atomic E-state index is 6.19. The largest absolute Gasteiger partial charge is 0.467 e. The predicted molar refractivity (Wildman–Crippen MR) is 72.0 cm³/mol. The maximum Gasteiger partial charge on any atom is 0.318 e. The molecule has 2 saturated heterocycles. The van der Waals surface area contributed by atoms with E-state index in [2.05, 4.69) is 19.8 Å². The Hall–Kier alpha value is -1.11. The van der Waals surface area contributed by atoms with Crippen LogP contribution in [0.25, 0.3) is 0 Å². The summed E-state index contributed by atoms with van der Waals surface area (Å²) < 4.78 is 10.6. The fourth-order valence-electron chi connectivity index (χ4n) is 2.60. The number of anilines is 1. The molecule has 0 N–H and O–H groups in total. The molecule has 3 heterocycles. The molecule has 19 heavy (non-hydrogen) atoms. The molecule has 1 aromatic heterocycles. The second-order valence-electron chi connectivity index (χ2n) is 4.74. The Morgan fingerprint density at radius 1 is 1.42 bits per heavy atom. The van der Waals surface area contributed by atoms with Crippen molar-refractivity contribution in [3.05, 3.63) is 11.2 Å². The summed E-state index contributed by atoms with van der Waals surface area (Å²) in [7, 11) is 1.56. The van der Waals surface area contributed by atoms with E-state index in [4.69, 9.17) is 21.1 Å². The number of piperazine rings is 1. The van der Waals surface area contributed by atoms with Gasteiger partial charge < -0.3 is 14.4 Å². The summed E-state index contributed by atoms with van der Waals surface area (Å²) in [5.74, 6) is 0.749. The van der Waals surface area contributed by atoms with Gasteiger partial charge in [-0.2, -0.15) is 4.98 Å². The fourth-order valence-corrected chi connectivity index (χ4v) is 2.81. The van der Waals surface area contributed by atoms with E-state index in [1.54, 1.807) is 13.3 Å². The van der Waals surface area contributed by atoms with Crippen LogP contribution in [0.5, 0.6) is 6.01 Å². The van der Waals surface area contributed by atoms with E-state index in [0.717, 1.165) is 45.2 Å². The van der Waals surface area contributed by atoms with Crippen molar-refractivity contribution in [3.8, 4) is 6.01 Å². The summed E-state index contributed by atoms with van der Waals surface area (Å²) in [5, 5.41) is 0.561. The Bertz CT molecular complexity index is 459. The zero-order valence-electron chi connectivity index (χ0n) is 10.9. The third kappa shape index (κ3) is 2.61. The molecule has 6 nitrogen and oxygen atoms in total. The first-order chi connectivity index (χ1) is 9.28. The van der Waals surface area contributed by atoms with Crippen molar-refractivity contribution < 1.29 is 9.47 Å². The van der Waals surface area contributed by atoms with Crippen molar-refractivity contribution >= 4 is 17.4 Å². The van der Waals surface area contributed by atoms with Crippen LogP contribution < -0.4 is 9.64 Å². The monoisotopic (exact) mass is 284 g/mol. The minimum atomic E-state index is 0.349. The van der Waals surface area contributed by atoms with Crippen LogP contribution in [0.3, 0.4) is 0 Å². The van der Waals surface area contributed by atoms with Gasteiger partial charge in [0, 0.05) is 26.2 Å². The highest BCUT2D eigenvalue weighted by Crippen LogP contribution is 2.27. The molecule has 0 saturated carbocycles. The van der Waals surface area contributed by atoms with Crippen LogP contribution in [0.15, 0.2) is 6.20 Å². The number of hydrogen-bond donors (Lipinski definition) is 0.